The van der Waals surface area contributed by atoms with E-state index in [9.17, 15) is 19.6 Å². The van der Waals surface area contributed by atoms with Crippen LogP contribution >= 0.6 is 0 Å². The minimum Gasteiger partial charge on any atom is -0.508 e. The van der Waals surface area contributed by atoms with Crippen LogP contribution in [-0.4, -0.2) is 75.2 Å². The number of amides is 1. The summed E-state index contributed by atoms with van der Waals surface area (Å²) in [6.45, 7) is 6.56. The number of anilines is 1. The molecular weight excluding hydrogens is 628 g/mol. The van der Waals surface area contributed by atoms with E-state index >= 15 is 4.39 Å². The van der Waals surface area contributed by atoms with Crippen molar-refractivity contribution in [1.29, 1.82) is 5.26 Å². The molecule has 49 heavy (non-hydrogen) atoms. The van der Waals surface area contributed by atoms with Crippen LogP contribution in [0, 0.1) is 41.2 Å². The van der Waals surface area contributed by atoms with Crippen LogP contribution in [0.1, 0.15) is 44.1 Å². The average molecular weight is 664 g/mol. The van der Waals surface area contributed by atoms with Crippen molar-refractivity contribution >= 4 is 33.4 Å². The Morgan fingerprint density at radius 3 is 2.73 bits per heavy atom. The van der Waals surface area contributed by atoms with Gasteiger partial charge in [0, 0.05) is 30.2 Å². The second kappa shape index (κ2) is 12.9. The largest absolute Gasteiger partial charge is 0.508 e. The predicted octanol–water partition coefficient (Wildman–Crippen LogP) is 5.23. The van der Waals surface area contributed by atoms with E-state index in [1.54, 1.807) is 0 Å². The average Bonchev–Trinajstić information content (AvgIpc) is 3.62. The van der Waals surface area contributed by atoms with Crippen LogP contribution in [0.2, 0.25) is 0 Å². The highest BCUT2D eigenvalue weighted by Crippen LogP contribution is 2.41. The second-order valence-electron chi connectivity index (χ2n) is 13.0. The van der Waals surface area contributed by atoms with Crippen LogP contribution < -0.4 is 15.0 Å². The highest BCUT2D eigenvalue weighted by atomic mass is 19.1. The van der Waals surface area contributed by atoms with Gasteiger partial charge in [0.1, 0.15) is 35.2 Å². The number of nitriles is 1. The van der Waals surface area contributed by atoms with Gasteiger partial charge < -0.3 is 20.1 Å². The van der Waals surface area contributed by atoms with Gasteiger partial charge >= 0.3 is 6.01 Å². The Kier molecular flexibility index (Phi) is 8.51. The number of halogens is 2. The number of phenolic OH excluding ortho intramolecular Hbond substituents is 1. The molecule has 0 saturated carbocycles. The number of aromatic nitrogens is 3. The minimum absolute atomic E-state index is 0.0180. The molecule has 3 aliphatic heterocycles. The van der Waals surface area contributed by atoms with Crippen LogP contribution in [0.25, 0.3) is 32.9 Å². The topological polar surface area (TPSA) is 128 Å². The Morgan fingerprint density at radius 1 is 1.20 bits per heavy atom. The Bertz CT molecular complexity index is 2060. The van der Waals surface area contributed by atoms with Gasteiger partial charge in [-0.15, -0.1) is 6.42 Å². The van der Waals surface area contributed by atoms with Crippen molar-refractivity contribution < 1.29 is 23.4 Å². The van der Waals surface area contributed by atoms with E-state index in [1.807, 2.05) is 4.90 Å². The number of rotatable bonds is 7. The molecule has 0 aliphatic carbocycles. The summed E-state index contributed by atoms with van der Waals surface area (Å²) in [6.07, 6.45) is 13.6. The van der Waals surface area contributed by atoms with Crippen LogP contribution in [0.5, 0.6) is 11.8 Å². The van der Waals surface area contributed by atoms with Crippen LogP contribution in [0.3, 0.4) is 0 Å². The molecule has 0 radical (unpaired) electrons. The maximum Gasteiger partial charge on any atom is 0.319 e. The van der Waals surface area contributed by atoms with E-state index < -0.39 is 29.5 Å². The standard InChI is InChI=1S/C37H35F2N7O3/c1-3-25-28(38)10-9-22-16-24(47)17-26(31(22)25)33-32(39)34-27(19-41-33)35(45-13-5-8-23(18-40)29(20-45)42-30(48)4-2)44-36(43-34)49-21-37-11-6-14-46(37)15-7-12-37/h1,4,9-10,16-17,19,23,29,47H,2,5-8,11-15,20-21H2,(H,42,48)/t23-,29-/m0/s1. The highest BCUT2D eigenvalue weighted by molar-refractivity contribution is 6.03. The van der Waals surface area contributed by atoms with Crippen molar-refractivity contribution in [2.75, 3.05) is 37.7 Å². The zero-order chi connectivity index (χ0) is 34.3. The molecule has 0 spiro atoms. The third-order valence-corrected chi connectivity index (χ3v) is 10.2. The normalized spacial score (nSPS) is 20.4. The molecule has 0 bridgehead atoms. The number of phenols is 1. The maximum absolute atomic E-state index is 17.0. The van der Waals surface area contributed by atoms with E-state index in [2.05, 4.69) is 38.8 Å². The number of hydrogen-bond donors (Lipinski definition) is 2. The van der Waals surface area contributed by atoms with Gasteiger partial charge in [-0.05, 0) is 81.3 Å². The summed E-state index contributed by atoms with van der Waals surface area (Å²) < 4.78 is 38.2. The van der Waals surface area contributed by atoms with Crippen molar-refractivity contribution in [3.63, 3.8) is 0 Å². The number of ether oxygens (including phenoxy) is 1. The molecule has 2 atom stereocenters. The van der Waals surface area contributed by atoms with E-state index in [0.717, 1.165) is 44.8 Å². The first-order chi connectivity index (χ1) is 23.7. The van der Waals surface area contributed by atoms with Crippen LogP contribution in [-0.2, 0) is 4.79 Å². The number of terminal acetylenes is 1. The number of pyridine rings is 1. The molecule has 7 rings (SSSR count). The van der Waals surface area contributed by atoms with Gasteiger partial charge in [0.2, 0.25) is 5.91 Å². The molecule has 1 amide bonds. The lowest BCUT2D eigenvalue weighted by Gasteiger charge is -2.31. The van der Waals surface area contributed by atoms with Gasteiger partial charge in [0.05, 0.1) is 34.5 Å². The highest BCUT2D eigenvalue weighted by Gasteiger charge is 2.45. The molecule has 0 unspecified atom stereocenters. The van der Waals surface area contributed by atoms with E-state index in [-0.39, 0.29) is 57.0 Å². The monoisotopic (exact) mass is 663 g/mol. The van der Waals surface area contributed by atoms with E-state index in [1.165, 1.54) is 30.5 Å². The molecule has 2 aromatic carbocycles. The number of nitrogens with zero attached hydrogens (tertiary/aromatic N) is 6. The quantitative estimate of drug-likeness (QED) is 0.202. The molecule has 4 aromatic rings. The number of hydrogen-bond acceptors (Lipinski definition) is 9. The Labute approximate surface area is 282 Å². The maximum atomic E-state index is 17.0. The first kappa shape index (κ1) is 32.2. The number of fused-ring (bicyclic) bond motifs is 3. The number of nitrogens with one attached hydrogen (secondary N) is 1. The molecule has 3 fully saturated rings. The molecule has 2 aromatic heterocycles. The third-order valence-electron chi connectivity index (χ3n) is 10.2. The van der Waals surface area contributed by atoms with Crippen molar-refractivity contribution in [3.8, 4) is 41.4 Å². The Hall–Kier alpha value is -5.33. The Morgan fingerprint density at radius 2 is 2.00 bits per heavy atom. The molecule has 10 nitrogen and oxygen atoms in total. The number of benzene rings is 2. The summed E-state index contributed by atoms with van der Waals surface area (Å²) in [7, 11) is 0. The molecule has 250 valence electrons. The van der Waals surface area contributed by atoms with Crippen molar-refractivity contribution in [2.45, 2.75) is 50.1 Å². The zero-order valence-electron chi connectivity index (χ0n) is 26.9. The summed E-state index contributed by atoms with van der Waals surface area (Å²) in [5.41, 5.74) is -0.365. The second-order valence-corrected chi connectivity index (χ2v) is 13.0. The summed E-state index contributed by atoms with van der Waals surface area (Å²) >= 11 is 0. The minimum atomic E-state index is -0.826. The van der Waals surface area contributed by atoms with Gasteiger partial charge in [-0.3, -0.25) is 14.7 Å². The lowest BCUT2D eigenvalue weighted by Crippen LogP contribution is -2.46. The predicted molar refractivity (Wildman–Crippen MR) is 181 cm³/mol. The van der Waals surface area contributed by atoms with Crippen LogP contribution in [0.4, 0.5) is 14.6 Å². The van der Waals surface area contributed by atoms with Gasteiger partial charge in [0.15, 0.2) is 5.82 Å². The molecular formula is C37H35F2N7O3. The summed E-state index contributed by atoms with van der Waals surface area (Å²) in [4.78, 5) is 30.5. The van der Waals surface area contributed by atoms with Gasteiger partial charge in [0.25, 0.3) is 0 Å². The first-order valence-electron chi connectivity index (χ1n) is 16.5. The summed E-state index contributed by atoms with van der Waals surface area (Å²) in [5, 5.41) is 24.3. The zero-order valence-corrected chi connectivity index (χ0v) is 26.9. The van der Waals surface area contributed by atoms with E-state index in [4.69, 9.17) is 16.1 Å². The fourth-order valence-corrected chi connectivity index (χ4v) is 7.82. The van der Waals surface area contributed by atoms with Gasteiger partial charge in [-0.1, -0.05) is 18.6 Å². The lowest BCUT2D eigenvalue weighted by molar-refractivity contribution is -0.117. The van der Waals surface area contributed by atoms with Crippen molar-refractivity contribution in [1.82, 2.24) is 25.2 Å². The molecule has 3 aliphatic rings. The van der Waals surface area contributed by atoms with E-state index in [0.29, 0.717) is 37.2 Å². The van der Waals surface area contributed by atoms with Gasteiger partial charge in [-0.2, -0.15) is 15.2 Å². The molecule has 3 saturated heterocycles. The fourth-order valence-electron chi connectivity index (χ4n) is 7.82. The molecule has 2 N–H and O–H groups in total. The fraction of sp³-hybridized carbons (Fsp3) is 0.378. The smallest absolute Gasteiger partial charge is 0.319 e. The lowest BCUT2D eigenvalue weighted by atomic mass is 9.95. The SMILES string of the molecule is C#Cc1c(F)ccc2cc(O)cc(-c3ncc4c(N5CCC[C@@H](C#N)[C@@H](NC(=O)C=C)C5)nc(OCC56CCCN5CCC6)nc4c3F)c12. The third kappa shape index (κ3) is 5.76. The number of carbonyl (C=O) groups is 1. The molecule has 5 heterocycles. The summed E-state index contributed by atoms with van der Waals surface area (Å²) in [5.74, 6) is 0.181. The Balaban J connectivity index is 1.38. The van der Waals surface area contributed by atoms with Crippen molar-refractivity contribution in [2.24, 2.45) is 5.92 Å². The first-order valence-corrected chi connectivity index (χ1v) is 16.5. The molecule has 12 heteroatoms. The van der Waals surface area contributed by atoms with Crippen LogP contribution in [0.15, 0.2) is 43.1 Å². The van der Waals surface area contributed by atoms with Gasteiger partial charge in [-0.25, -0.2) is 8.78 Å². The number of carbonyl (C=O) groups excluding carboxylic acids is 1. The number of aromatic hydroxyl groups is 1. The summed E-state index contributed by atoms with van der Waals surface area (Å²) in [6, 6.07) is 7.13. The van der Waals surface area contributed by atoms with Crippen molar-refractivity contribution in [3.05, 3.63) is 60.3 Å².